The molecule has 1 aromatic carbocycles. The monoisotopic (exact) mass is 346 g/mol. The molecule has 0 N–H and O–H groups in total. The summed E-state index contributed by atoms with van der Waals surface area (Å²) in [7, 11) is 0. The largest absolute Gasteiger partial charge is 0.465 e. The molecule has 0 radical (unpaired) electrons. The van der Waals surface area contributed by atoms with Crippen molar-refractivity contribution in [3.63, 3.8) is 0 Å². The molecule has 2 heteroatoms. The first kappa shape index (κ1) is 20.3. The van der Waals surface area contributed by atoms with Gasteiger partial charge in [0, 0.05) is 5.92 Å². The van der Waals surface area contributed by atoms with Gasteiger partial charge in [0.25, 0.3) is 0 Å². The van der Waals surface area contributed by atoms with Crippen molar-refractivity contribution >= 4 is 0 Å². The highest BCUT2D eigenvalue weighted by atomic mass is 16.7. The van der Waals surface area contributed by atoms with E-state index in [0.717, 1.165) is 18.3 Å². The zero-order valence-corrected chi connectivity index (χ0v) is 16.8. The molecule has 142 valence electrons. The highest BCUT2D eigenvalue weighted by Crippen LogP contribution is 2.27. The van der Waals surface area contributed by atoms with Crippen molar-refractivity contribution in [1.29, 1.82) is 0 Å². The zero-order chi connectivity index (χ0) is 18.1. The van der Waals surface area contributed by atoms with E-state index in [-0.39, 0.29) is 6.29 Å². The fourth-order valence-corrected chi connectivity index (χ4v) is 3.80. The van der Waals surface area contributed by atoms with Crippen molar-refractivity contribution in [2.45, 2.75) is 91.3 Å². The minimum absolute atomic E-state index is 0.150. The summed E-state index contributed by atoms with van der Waals surface area (Å²) in [5.41, 5.74) is 1.40. The molecule has 1 aromatic rings. The first-order valence-corrected chi connectivity index (χ1v) is 10.5. The predicted octanol–water partition coefficient (Wildman–Crippen LogP) is 6.94. The molecule has 2 unspecified atom stereocenters. The molecule has 2 rings (SSSR count). The van der Waals surface area contributed by atoms with Gasteiger partial charge in [-0.1, -0.05) is 78.4 Å². The van der Waals surface area contributed by atoms with E-state index in [9.17, 15) is 0 Å². The Morgan fingerprint density at radius 2 is 1.68 bits per heavy atom. The molecular formula is C23H38O2. The highest BCUT2D eigenvalue weighted by molar-refractivity contribution is 5.29. The summed E-state index contributed by atoms with van der Waals surface area (Å²) in [6.45, 7) is 9.70. The van der Waals surface area contributed by atoms with E-state index < -0.39 is 0 Å². The third kappa shape index (κ3) is 7.01. The van der Waals surface area contributed by atoms with Gasteiger partial charge in [0.1, 0.15) is 5.75 Å². The van der Waals surface area contributed by atoms with Crippen LogP contribution in [0, 0.1) is 11.8 Å². The first-order valence-electron chi connectivity index (χ1n) is 10.5. The van der Waals surface area contributed by atoms with Crippen molar-refractivity contribution in [1.82, 2.24) is 0 Å². The normalized spacial score (nSPS) is 18.3. The Balaban J connectivity index is 1.81. The van der Waals surface area contributed by atoms with Crippen LogP contribution in [0.2, 0.25) is 0 Å². The van der Waals surface area contributed by atoms with Gasteiger partial charge in [-0.15, -0.1) is 0 Å². The van der Waals surface area contributed by atoms with Gasteiger partial charge >= 0.3 is 0 Å². The molecule has 2 nitrogen and oxygen atoms in total. The van der Waals surface area contributed by atoms with Crippen molar-refractivity contribution in [2.24, 2.45) is 11.8 Å². The minimum atomic E-state index is -0.150. The van der Waals surface area contributed by atoms with Crippen LogP contribution in [0.5, 0.6) is 5.75 Å². The second kappa shape index (κ2) is 10.9. The van der Waals surface area contributed by atoms with Crippen LogP contribution in [0.25, 0.3) is 0 Å². The lowest BCUT2D eigenvalue weighted by molar-refractivity contribution is -0.111. The van der Waals surface area contributed by atoms with E-state index in [1.807, 2.05) is 0 Å². The number of hydrogen-bond acceptors (Lipinski definition) is 2. The van der Waals surface area contributed by atoms with Gasteiger partial charge in [-0.3, -0.25) is 0 Å². The Morgan fingerprint density at radius 3 is 2.28 bits per heavy atom. The van der Waals surface area contributed by atoms with E-state index in [1.165, 1.54) is 56.9 Å². The zero-order valence-electron chi connectivity index (χ0n) is 16.8. The summed E-state index contributed by atoms with van der Waals surface area (Å²) < 4.78 is 12.2. The van der Waals surface area contributed by atoms with E-state index in [4.69, 9.17) is 9.47 Å². The van der Waals surface area contributed by atoms with Crippen LogP contribution in [0.15, 0.2) is 24.3 Å². The van der Waals surface area contributed by atoms with Gasteiger partial charge in [0.2, 0.25) is 6.29 Å². The SMILES string of the molecule is CCCC(C)c1ccc(OC(OCCC2CCCCC2)C(C)C)cc1. The molecule has 0 saturated heterocycles. The Kier molecular flexibility index (Phi) is 8.81. The average molecular weight is 347 g/mol. The molecule has 0 amide bonds. The van der Waals surface area contributed by atoms with Gasteiger partial charge in [0.15, 0.2) is 0 Å². The van der Waals surface area contributed by atoms with Crippen LogP contribution in [0.4, 0.5) is 0 Å². The topological polar surface area (TPSA) is 18.5 Å². The van der Waals surface area contributed by atoms with Crippen LogP contribution in [-0.4, -0.2) is 12.9 Å². The van der Waals surface area contributed by atoms with Crippen molar-refractivity contribution in [3.8, 4) is 5.75 Å². The lowest BCUT2D eigenvalue weighted by Crippen LogP contribution is -2.27. The van der Waals surface area contributed by atoms with Crippen LogP contribution in [0.1, 0.15) is 90.5 Å². The third-order valence-electron chi connectivity index (χ3n) is 5.50. The van der Waals surface area contributed by atoms with E-state index in [2.05, 4.69) is 52.0 Å². The summed E-state index contributed by atoms with van der Waals surface area (Å²) in [5, 5.41) is 0. The fourth-order valence-electron chi connectivity index (χ4n) is 3.80. The number of benzene rings is 1. The Bertz CT molecular complexity index is 459. The standard InChI is InChI=1S/C23H38O2/c1-5-9-19(4)21-12-14-22(15-13-21)25-23(18(2)3)24-17-16-20-10-7-6-8-11-20/h12-15,18-20,23H,5-11,16-17H2,1-4H3. The second-order valence-corrected chi connectivity index (χ2v) is 8.15. The first-order chi connectivity index (χ1) is 12.1. The summed E-state index contributed by atoms with van der Waals surface area (Å²) in [6.07, 6.45) is 10.5. The summed E-state index contributed by atoms with van der Waals surface area (Å²) in [6, 6.07) is 8.60. The molecule has 1 aliphatic carbocycles. The molecule has 0 heterocycles. The van der Waals surface area contributed by atoms with E-state index in [0.29, 0.717) is 11.8 Å². The van der Waals surface area contributed by atoms with Gasteiger partial charge < -0.3 is 9.47 Å². The smallest absolute Gasteiger partial charge is 0.202 e. The Labute approximate surface area is 155 Å². The molecule has 2 atom stereocenters. The van der Waals surface area contributed by atoms with E-state index in [1.54, 1.807) is 0 Å². The van der Waals surface area contributed by atoms with Gasteiger partial charge in [-0.05, 0) is 42.4 Å². The lowest BCUT2D eigenvalue weighted by Gasteiger charge is -2.26. The Hall–Kier alpha value is -1.02. The van der Waals surface area contributed by atoms with Gasteiger partial charge in [-0.2, -0.15) is 0 Å². The number of ether oxygens (including phenoxy) is 2. The molecule has 1 saturated carbocycles. The van der Waals surface area contributed by atoms with Crippen molar-refractivity contribution in [3.05, 3.63) is 29.8 Å². The van der Waals surface area contributed by atoms with E-state index >= 15 is 0 Å². The third-order valence-corrected chi connectivity index (χ3v) is 5.50. The molecule has 25 heavy (non-hydrogen) atoms. The van der Waals surface area contributed by atoms with Crippen LogP contribution < -0.4 is 4.74 Å². The lowest BCUT2D eigenvalue weighted by atomic mass is 9.87. The number of hydrogen-bond donors (Lipinski definition) is 0. The van der Waals surface area contributed by atoms with Crippen LogP contribution >= 0.6 is 0 Å². The van der Waals surface area contributed by atoms with Gasteiger partial charge in [-0.25, -0.2) is 0 Å². The van der Waals surface area contributed by atoms with Gasteiger partial charge in [0.05, 0.1) is 6.61 Å². The molecule has 1 fully saturated rings. The summed E-state index contributed by atoms with van der Waals surface area (Å²) in [5.74, 6) is 2.75. The molecule has 1 aliphatic rings. The van der Waals surface area contributed by atoms with Crippen LogP contribution in [0.3, 0.4) is 0 Å². The fraction of sp³-hybridized carbons (Fsp3) is 0.739. The highest BCUT2D eigenvalue weighted by Gasteiger charge is 2.18. The Morgan fingerprint density at radius 1 is 1.00 bits per heavy atom. The molecule has 0 aromatic heterocycles. The maximum absolute atomic E-state index is 6.14. The predicted molar refractivity (Wildman–Crippen MR) is 106 cm³/mol. The molecule has 0 bridgehead atoms. The summed E-state index contributed by atoms with van der Waals surface area (Å²) >= 11 is 0. The molecular weight excluding hydrogens is 308 g/mol. The molecule has 0 aliphatic heterocycles. The van der Waals surface area contributed by atoms with Crippen molar-refractivity contribution in [2.75, 3.05) is 6.61 Å². The molecule has 0 spiro atoms. The number of rotatable bonds is 10. The quantitative estimate of drug-likeness (QED) is 0.427. The van der Waals surface area contributed by atoms with Crippen molar-refractivity contribution < 1.29 is 9.47 Å². The second-order valence-electron chi connectivity index (χ2n) is 8.15. The minimum Gasteiger partial charge on any atom is -0.465 e. The summed E-state index contributed by atoms with van der Waals surface area (Å²) in [4.78, 5) is 0. The van der Waals surface area contributed by atoms with Crippen LogP contribution in [-0.2, 0) is 4.74 Å². The maximum atomic E-state index is 6.14. The maximum Gasteiger partial charge on any atom is 0.202 e. The average Bonchev–Trinajstić information content (AvgIpc) is 2.62.